The highest BCUT2D eigenvalue weighted by Crippen LogP contribution is 2.61. The molecule has 1 aromatic rings. The third-order valence-corrected chi connectivity index (χ3v) is 8.49. The van der Waals surface area contributed by atoms with Crippen LogP contribution in [0.2, 0.25) is 0 Å². The van der Waals surface area contributed by atoms with E-state index in [0.717, 1.165) is 5.30 Å². The predicted molar refractivity (Wildman–Crippen MR) is 73.6 cm³/mol. The van der Waals surface area contributed by atoms with Gasteiger partial charge in [-0.1, -0.05) is 30.0 Å². The first-order valence-electron chi connectivity index (χ1n) is 4.71. The van der Waals surface area contributed by atoms with Gasteiger partial charge in [-0.25, -0.2) is 0 Å². The van der Waals surface area contributed by atoms with Crippen LogP contribution in [0, 0.1) is 0 Å². The maximum Gasteiger partial charge on any atom is 0.220 e. The van der Waals surface area contributed by atoms with Crippen LogP contribution in [0.4, 0.5) is 0 Å². The van der Waals surface area contributed by atoms with Crippen molar-refractivity contribution in [3.05, 3.63) is 30.3 Å². The number of hydrogen-bond donors (Lipinski definition) is 1. The van der Waals surface area contributed by atoms with Gasteiger partial charge in [0, 0.05) is 11.3 Å². The van der Waals surface area contributed by atoms with Crippen LogP contribution in [0.1, 0.15) is 0 Å². The zero-order valence-corrected chi connectivity index (χ0v) is 11.9. The fourth-order valence-electron chi connectivity index (χ4n) is 1.28. The average Bonchev–Trinajstić information content (AvgIpc) is 2.35. The highest BCUT2D eigenvalue weighted by atomic mass is 32.5. The second kappa shape index (κ2) is 4.95. The Balaban J connectivity index is 2.20. The van der Waals surface area contributed by atoms with Crippen LogP contribution in [0.5, 0.6) is 0 Å². The maximum atomic E-state index is 9.15. The quantitative estimate of drug-likeness (QED) is 0.845. The van der Waals surface area contributed by atoms with Gasteiger partial charge in [-0.2, -0.15) is 0 Å². The molecule has 1 aliphatic rings. The number of benzene rings is 1. The number of rotatable bonds is 2. The summed E-state index contributed by atoms with van der Waals surface area (Å²) in [4.78, 5) is 0. The molecule has 0 amide bonds. The molecule has 7 heteroatoms. The van der Waals surface area contributed by atoms with Gasteiger partial charge in [0.25, 0.3) is 0 Å². The van der Waals surface area contributed by atoms with Gasteiger partial charge < -0.3 is 14.2 Å². The van der Waals surface area contributed by atoms with Crippen molar-refractivity contribution in [3.8, 4) is 0 Å². The molecule has 88 valence electrons. The molecule has 2 rings (SSSR count). The summed E-state index contributed by atoms with van der Waals surface area (Å²) >= 11 is 10.7. The molecule has 0 unspecified atom stereocenters. The van der Waals surface area contributed by atoms with Crippen molar-refractivity contribution in [3.63, 3.8) is 0 Å². The molecule has 1 N–H and O–H groups in total. The minimum absolute atomic E-state index is 0.0214. The molecule has 3 nitrogen and oxygen atoms in total. The molecule has 1 fully saturated rings. The van der Waals surface area contributed by atoms with Gasteiger partial charge in [-0.05, 0) is 23.9 Å². The third kappa shape index (κ3) is 2.62. The Labute approximate surface area is 105 Å². The molecular formula is C9H12O3P2S2. The normalized spacial score (nSPS) is 34.8. The largest absolute Gasteiger partial charge is 0.391 e. The van der Waals surface area contributed by atoms with E-state index in [2.05, 4.69) is 0 Å². The van der Waals surface area contributed by atoms with Gasteiger partial charge in [0.15, 0.2) is 0 Å². The molecule has 0 saturated carbocycles. The van der Waals surface area contributed by atoms with Crippen LogP contribution in [0.15, 0.2) is 30.3 Å². The van der Waals surface area contributed by atoms with Crippen LogP contribution in [-0.4, -0.2) is 24.2 Å². The van der Waals surface area contributed by atoms with E-state index < -0.39 is 12.5 Å². The maximum absolute atomic E-state index is 9.15. The number of hydrogen-bond acceptors (Lipinski definition) is 5. The lowest BCUT2D eigenvalue weighted by Crippen LogP contribution is -2.18. The van der Waals surface area contributed by atoms with Crippen LogP contribution in [-0.2, 0) is 32.7 Å². The lowest BCUT2D eigenvalue weighted by Gasteiger charge is -2.33. The van der Waals surface area contributed by atoms with Crippen molar-refractivity contribution in [2.24, 2.45) is 0 Å². The van der Waals surface area contributed by atoms with Gasteiger partial charge in [-0.3, -0.25) is 0 Å². The zero-order valence-electron chi connectivity index (χ0n) is 8.48. The molecule has 1 saturated heterocycles. The van der Waals surface area contributed by atoms with E-state index in [-0.39, 0.29) is 6.35 Å². The average molecular weight is 294 g/mol. The summed E-state index contributed by atoms with van der Waals surface area (Å²) in [6, 6.07) is 7.68. The molecule has 0 spiro atoms. The molecule has 0 bridgehead atoms. The first-order chi connectivity index (χ1) is 7.58. The fourth-order valence-corrected chi connectivity index (χ4v) is 7.39. The lowest BCUT2D eigenvalue weighted by molar-refractivity contribution is 0.283. The lowest BCUT2D eigenvalue weighted by atomic mass is 10.4. The summed E-state index contributed by atoms with van der Waals surface area (Å²) < 4.78 is 11.3. The van der Waals surface area contributed by atoms with Crippen molar-refractivity contribution in [1.82, 2.24) is 0 Å². The summed E-state index contributed by atoms with van der Waals surface area (Å²) in [7, 11) is 0. The van der Waals surface area contributed by atoms with Crippen LogP contribution >= 0.6 is 12.5 Å². The van der Waals surface area contributed by atoms with Crippen molar-refractivity contribution in [2.75, 3.05) is 19.0 Å². The van der Waals surface area contributed by atoms with E-state index in [0.29, 0.717) is 12.7 Å². The Hall–Kier alpha value is 0.400. The topological polar surface area (TPSA) is 38.7 Å². The highest BCUT2D eigenvalue weighted by molar-refractivity contribution is 8.17. The van der Waals surface area contributed by atoms with E-state index in [1.807, 2.05) is 30.3 Å². The number of aliphatic hydroxyl groups is 1. The molecule has 1 aromatic carbocycles. The SMILES string of the molecule is OCP1(=S)COP(=S)(c2ccccc2)OC1. The minimum atomic E-state index is -2.38. The van der Waals surface area contributed by atoms with Gasteiger partial charge in [0.2, 0.25) is 6.49 Å². The second-order valence-corrected chi connectivity index (χ2v) is 12.3. The van der Waals surface area contributed by atoms with Gasteiger partial charge in [0.1, 0.15) is 0 Å². The predicted octanol–water partition coefficient (Wildman–Crippen LogP) is 2.01. The molecule has 1 heterocycles. The van der Waals surface area contributed by atoms with Crippen molar-refractivity contribution in [2.45, 2.75) is 0 Å². The summed E-state index contributed by atoms with van der Waals surface area (Å²) in [5.74, 6) is 0. The van der Waals surface area contributed by atoms with E-state index in [9.17, 15) is 0 Å². The molecule has 0 radical (unpaired) electrons. The fraction of sp³-hybridized carbons (Fsp3) is 0.333. The first-order valence-corrected chi connectivity index (χ1v) is 10.7. The summed E-state index contributed by atoms with van der Waals surface area (Å²) in [5, 5.41) is 10.1. The van der Waals surface area contributed by atoms with E-state index >= 15 is 0 Å². The molecule has 0 atom stereocenters. The highest BCUT2D eigenvalue weighted by Gasteiger charge is 2.33. The van der Waals surface area contributed by atoms with Crippen LogP contribution in [0.25, 0.3) is 0 Å². The smallest absolute Gasteiger partial charge is 0.220 e. The molecule has 16 heavy (non-hydrogen) atoms. The first kappa shape index (κ1) is 12.8. The van der Waals surface area contributed by atoms with Gasteiger partial charge in [0.05, 0.1) is 19.0 Å². The summed E-state index contributed by atoms with van der Waals surface area (Å²) in [6.07, 6.45) is 0.739. The standard InChI is InChI=1S/C9H12O3P2S2/c10-6-13(15)7-11-14(16,12-8-13)9-4-2-1-3-5-9/h1-5,10H,6-8H2. The van der Waals surface area contributed by atoms with E-state index in [4.69, 9.17) is 37.8 Å². The van der Waals surface area contributed by atoms with Crippen LogP contribution in [0.3, 0.4) is 0 Å². The van der Waals surface area contributed by atoms with Gasteiger partial charge >= 0.3 is 0 Å². The summed E-state index contributed by atoms with van der Waals surface area (Å²) in [6.45, 7) is -2.38. The van der Waals surface area contributed by atoms with E-state index in [1.54, 1.807) is 0 Å². The van der Waals surface area contributed by atoms with E-state index in [1.165, 1.54) is 0 Å². The molecule has 0 aromatic heterocycles. The Kier molecular flexibility index (Phi) is 3.97. The molecule has 1 aliphatic heterocycles. The Morgan fingerprint density at radius 2 is 1.69 bits per heavy atom. The monoisotopic (exact) mass is 294 g/mol. The zero-order chi connectivity index (χ0) is 11.6. The summed E-state index contributed by atoms with van der Waals surface area (Å²) in [5.41, 5.74) is 0. The Morgan fingerprint density at radius 3 is 2.19 bits per heavy atom. The Bertz CT molecular complexity index is 447. The number of aliphatic hydroxyl groups excluding tert-OH is 1. The van der Waals surface area contributed by atoms with Crippen molar-refractivity contribution < 1.29 is 14.2 Å². The van der Waals surface area contributed by atoms with Crippen molar-refractivity contribution in [1.29, 1.82) is 0 Å². The Morgan fingerprint density at radius 1 is 1.12 bits per heavy atom. The second-order valence-electron chi connectivity index (χ2n) is 3.55. The van der Waals surface area contributed by atoms with Gasteiger partial charge in [-0.15, -0.1) is 0 Å². The minimum Gasteiger partial charge on any atom is -0.391 e. The van der Waals surface area contributed by atoms with Crippen LogP contribution < -0.4 is 5.30 Å². The molecular weight excluding hydrogens is 282 g/mol. The third-order valence-electron chi connectivity index (χ3n) is 2.26. The van der Waals surface area contributed by atoms with Crippen molar-refractivity contribution >= 4 is 41.4 Å². The molecule has 0 aliphatic carbocycles.